The minimum Gasteiger partial charge on any atom is -0.456 e. The van der Waals surface area contributed by atoms with E-state index in [1.54, 1.807) is 0 Å². The molecule has 450 valence electrons. The summed E-state index contributed by atoms with van der Waals surface area (Å²) >= 11 is 0. The Morgan fingerprint density at radius 3 is 0.761 bits per heavy atom. The number of furan rings is 2. The second-order valence-electron chi connectivity index (χ2n) is 27.4. The molecule has 0 amide bonds. The normalized spacial score (nSPS) is 12.5. The summed E-state index contributed by atoms with van der Waals surface area (Å²) in [7, 11) is 0. The molecule has 0 aliphatic heterocycles. The van der Waals surface area contributed by atoms with Crippen LogP contribution < -0.4 is 9.80 Å². The molecular weight excluding hydrogens is 1120 g/mol. The lowest BCUT2D eigenvalue weighted by Gasteiger charge is -2.30. The zero-order valence-electron chi connectivity index (χ0n) is 54.3. The number of benzene rings is 13. The van der Waals surface area contributed by atoms with Crippen LogP contribution in [0, 0.1) is 13.8 Å². The van der Waals surface area contributed by atoms with Crippen LogP contribution in [0.5, 0.6) is 0 Å². The third-order valence-electron chi connectivity index (χ3n) is 20.6. The molecule has 0 atom stereocenters. The monoisotopic (exact) mass is 1190 g/mol. The molecule has 0 radical (unpaired) electrons. The second kappa shape index (κ2) is 22.2. The first-order valence-electron chi connectivity index (χ1n) is 32.4. The van der Waals surface area contributed by atoms with Crippen molar-refractivity contribution in [1.82, 2.24) is 0 Å². The minimum absolute atomic E-state index is 0.169. The van der Waals surface area contributed by atoms with E-state index in [2.05, 4.69) is 358 Å². The maximum Gasteiger partial charge on any atom is 0.142 e. The van der Waals surface area contributed by atoms with Crippen molar-refractivity contribution in [2.24, 2.45) is 0 Å². The number of rotatable bonds is 14. The second-order valence-corrected chi connectivity index (χ2v) is 27.4. The van der Waals surface area contributed by atoms with Gasteiger partial charge in [-0.1, -0.05) is 237 Å². The van der Waals surface area contributed by atoms with Crippen LogP contribution >= 0.6 is 0 Å². The Morgan fingerprint density at radius 1 is 0.239 bits per heavy atom. The average Bonchev–Trinajstić information content (AvgIpc) is 1.55. The van der Waals surface area contributed by atoms with Gasteiger partial charge < -0.3 is 18.6 Å². The lowest BCUT2D eigenvalue weighted by atomic mass is 9.78. The zero-order chi connectivity index (χ0) is 63.3. The van der Waals surface area contributed by atoms with Crippen molar-refractivity contribution in [3.8, 4) is 0 Å². The Balaban J connectivity index is 0.800. The lowest BCUT2D eigenvalue weighted by molar-refractivity contribution is 0.640. The highest BCUT2D eigenvalue weighted by atomic mass is 16.3. The predicted molar refractivity (Wildman–Crippen MR) is 389 cm³/mol. The van der Waals surface area contributed by atoms with Crippen LogP contribution in [0.1, 0.15) is 111 Å². The Morgan fingerprint density at radius 2 is 0.489 bits per heavy atom. The van der Waals surface area contributed by atoms with Crippen molar-refractivity contribution in [2.75, 3.05) is 9.80 Å². The third kappa shape index (κ3) is 9.83. The molecule has 0 spiro atoms. The fraction of sp³-hybridized carbons (Fsp3) is 0.159. The largest absolute Gasteiger partial charge is 0.456 e. The van der Waals surface area contributed by atoms with Gasteiger partial charge in [-0.05, 0) is 183 Å². The van der Waals surface area contributed by atoms with Crippen molar-refractivity contribution in [2.45, 2.75) is 90.9 Å². The molecule has 4 nitrogen and oxygen atoms in total. The van der Waals surface area contributed by atoms with Crippen LogP contribution in [0.4, 0.5) is 34.1 Å². The topological polar surface area (TPSA) is 32.8 Å². The van der Waals surface area contributed by atoms with Crippen molar-refractivity contribution < 1.29 is 8.83 Å². The van der Waals surface area contributed by atoms with Crippen molar-refractivity contribution in [1.29, 1.82) is 0 Å². The van der Waals surface area contributed by atoms with E-state index in [-0.39, 0.29) is 21.7 Å². The SMILES string of the molecule is Cc1c2oc3cc4cc(N(c5ccc(C(C)(C)c6ccccc6)cc5)c5ccc(C(C)(C)c6ccccc6)cc5)ccc4cc3c2c(C)c2c1oc1cc3cc(N(c4ccc(C(C)(C)c5ccccc5)cc4)c4ccc(C(C)(C)c5ccccc5)cc4)ccc3cc12. The summed E-state index contributed by atoms with van der Waals surface area (Å²) in [5.74, 6) is 0. The third-order valence-corrected chi connectivity index (χ3v) is 20.6. The van der Waals surface area contributed by atoms with E-state index in [0.717, 1.165) is 111 Å². The minimum atomic E-state index is -0.169. The molecule has 0 saturated heterocycles. The van der Waals surface area contributed by atoms with Crippen LogP contribution in [0.15, 0.2) is 288 Å². The van der Waals surface area contributed by atoms with Crippen LogP contribution in [-0.2, 0) is 21.7 Å². The molecule has 0 aliphatic carbocycles. The number of hydrogen-bond acceptors (Lipinski definition) is 4. The lowest BCUT2D eigenvalue weighted by Crippen LogP contribution is -2.19. The number of hydrogen-bond donors (Lipinski definition) is 0. The molecule has 0 N–H and O–H groups in total. The summed E-state index contributed by atoms with van der Waals surface area (Å²) in [5, 5.41) is 8.94. The van der Waals surface area contributed by atoms with E-state index >= 15 is 0 Å². The molecule has 0 aliphatic rings. The summed E-state index contributed by atoms with van der Waals surface area (Å²) in [6.45, 7) is 22.8. The Kier molecular flexibility index (Phi) is 14.0. The number of fused-ring (bicyclic) bond motifs is 8. The highest BCUT2D eigenvalue weighted by Crippen LogP contribution is 2.48. The van der Waals surface area contributed by atoms with Gasteiger partial charge in [-0.15, -0.1) is 0 Å². The van der Waals surface area contributed by atoms with Crippen molar-refractivity contribution in [3.05, 3.63) is 335 Å². The average molecular weight is 1190 g/mol. The van der Waals surface area contributed by atoms with Gasteiger partial charge in [-0.2, -0.15) is 0 Å². The van der Waals surface area contributed by atoms with Gasteiger partial charge in [0.05, 0.1) is 0 Å². The van der Waals surface area contributed by atoms with Crippen LogP contribution in [0.3, 0.4) is 0 Å². The molecule has 4 heteroatoms. The molecule has 0 saturated carbocycles. The fourth-order valence-electron chi connectivity index (χ4n) is 14.5. The van der Waals surface area contributed by atoms with Crippen LogP contribution in [-0.4, -0.2) is 0 Å². The zero-order valence-corrected chi connectivity index (χ0v) is 54.3. The van der Waals surface area contributed by atoms with Crippen molar-refractivity contribution >= 4 is 99.5 Å². The molecular formula is C88H76N2O2. The van der Waals surface area contributed by atoms with Gasteiger partial charge in [0.15, 0.2) is 0 Å². The number of nitrogens with zero attached hydrogens (tertiary/aromatic N) is 2. The molecule has 0 bridgehead atoms. The Labute approximate surface area is 540 Å². The van der Waals surface area contributed by atoms with Crippen LogP contribution in [0.2, 0.25) is 0 Å². The first-order chi connectivity index (χ1) is 44.4. The molecule has 15 aromatic rings. The van der Waals surface area contributed by atoms with Gasteiger partial charge in [0.2, 0.25) is 0 Å². The van der Waals surface area contributed by atoms with E-state index in [1.807, 2.05) is 0 Å². The first-order valence-corrected chi connectivity index (χ1v) is 32.4. The van der Waals surface area contributed by atoms with E-state index in [0.29, 0.717) is 0 Å². The van der Waals surface area contributed by atoms with Gasteiger partial charge in [-0.25, -0.2) is 0 Å². The van der Waals surface area contributed by atoms with E-state index in [1.165, 1.54) is 44.5 Å². The maximum atomic E-state index is 7.03. The summed E-state index contributed by atoms with van der Waals surface area (Å²) in [5.41, 5.74) is 21.6. The van der Waals surface area contributed by atoms with E-state index in [4.69, 9.17) is 8.83 Å². The molecule has 15 rings (SSSR count). The van der Waals surface area contributed by atoms with Gasteiger partial charge in [0.25, 0.3) is 0 Å². The highest BCUT2D eigenvalue weighted by molar-refractivity contribution is 6.22. The number of anilines is 6. The standard InChI is InChI=1S/C88H76N2O2/c1-57-81-77-53-59-31-41-75(89(71-43-33-67(34-44-71)85(3,4)63-23-15-11-16-24-63)72-45-35-68(36-46-72)86(5,6)64-25-17-12-18-26-64)51-61(59)55-79(77)91-83(81)58(2)84-82(57)78-54-60-32-42-76(52-62(60)56-80(78)92-84)90(73-47-37-69(38-48-73)87(7,8)65-27-19-13-20-28-65)74-49-39-70(40-50-74)88(9,10)66-29-21-14-22-30-66/h11-56H,1-10H3. The summed E-state index contributed by atoms with van der Waals surface area (Å²) in [6.07, 6.45) is 0. The summed E-state index contributed by atoms with van der Waals surface area (Å²) in [4.78, 5) is 4.76. The first kappa shape index (κ1) is 58.0. The molecule has 13 aromatic carbocycles. The smallest absolute Gasteiger partial charge is 0.142 e. The van der Waals surface area contributed by atoms with Gasteiger partial charge in [-0.3, -0.25) is 0 Å². The van der Waals surface area contributed by atoms with Crippen LogP contribution in [0.25, 0.3) is 65.4 Å². The Hall–Kier alpha value is -10.4. The Bertz CT molecular complexity index is 4710. The van der Waals surface area contributed by atoms with E-state index < -0.39 is 0 Å². The summed E-state index contributed by atoms with van der Waals surface area (Å²) in [6, 6.07) is 103. The number of aryl methyl sites for hydroxylation is 2. The van der Waals surface area contributed by atoms with Gasteiger partial charge in [0, 0.05) is 82.9 Å². The fourth-order valence-corrected chi connectivity index (χ4v) is 14.5. The van der Waals surface area contributed by atoms with E-state index in [9.17, 15) is 0 Å². The maximum absolute atomic E-state index is 7.03. The van der Waals surface area contributed by atoms with Gasteiger partial charge in [0.1, 0.15) is 22.3 Å². The molecule has 2 aromatic heterocycles. The molecule has 0 fully saturated rings. The summed E-state index contributed by atoms with van der Waals surface area (Å²) < 4.78 is 14.1. The molecule has 0 unspecified atom stereocenters. The molecule has 2 heterocycles. The van der Waals surface area contributed by atoms with Crippen molar-refractivity contribution in [3.63, 3.8) is 0 Å². The highest BCUT2D eigenvalue weighted by Gasteiger charge is 2.29. The quantitative estimate of drug-likeness (QED) is 0.109. The predicted octanol–water partition coefficient (Wildman–Crippen LogP) is 24.7. The molecule has 92 heavy (non-hydrogen) atoms. The van der Waals surface area contributed by atoms with Gasteiger partial charge >= 0.3 is 0 Å².